The van der Waals surface area contributed by atoms with Gasteiger partial charge in [0.25, 0.3) is 0 Å². The summed E-state index contributed by atoms with van der Waals surface area (Å²) in [4.78, 5) is 14.5. The fourth-order valence-electron chi connectivity index (χ4n) is 4.30. The van der Waals surface area contributed by atoms with Crippen molar-refractivity contribution in [3.8, 4) is 0 Å². The van der Waals surface area contributed by atoms with E-state index >= 15 is 0 Å². The number of hydrogen-bond acceptors (Lipinski definition) is 3. The number of rotatable bonds is 2. The Morgan fingerprint density at radius 1 is 1.29 bits per heavy atom. The summed E-state index contributed by atoms with van der Waals surface area (Å²) >= 11 is 0. The Labute approximate surface area is 143 Å². The van der Waals surface area contributed by atoms with Gasteiger partial charge in [0.2, 0.25) is 0 Å². The first-order chi connectivity index (χ1) is 11.7. The standard InChI is InChI=1S/C18H27N3O3/c1-14-16-3-2-8-20(16)9-10-21(14)17(22)19-13-15-4-6-18(7-5-15)23-11-12-24-18/h2-3,8,14-15H,4-7,9-13H2,1H3,(H,19,22)/t14-/m0/s1. The first-order valence-electron chi connectivity index (χ1n) is 9.14. The lowest BCUT2D eigenvalue weighted by atomic mass is 9.85. The third-order valence-electron chi connectivity index (χ3n) is 5.83. The lowest BCUT2D eigenvalue weighted by Gasteiger charge is -2.37. The Bertz CT molecular complexity index is 584. The summed E-state index contributed by atoms with van der Waals surface area (Å²) in [6.07, 6.45) is 6.09. The lowest BCUT2D eigenvalue weighted by Crippen LogP contribution is -2.47. The molecule has 0 aromatic carbocycles. The minimum absolute atomic E-state index is 0.0589. The average Bonchev–Trinajstić information content (AvgIpc) is 3.25. The van der Waals surface area contributed by atoms with Crippen LogP contribution in [0.3, 0.4) is 0 Å². The van der Waals surface area contributed by atoms with Crippen molar-refractivity contribution in [2.24, 2.45) is 5.92 Å². The third kappa shape index (κ3) is 2.93. The maximum Gasteiger partial charge on any atom is 0.318 e. The van der Waals surface area contributed by atoms with E-state index in [9.17, 15) is 4.79 Å². The fourth-order valence-corrected chi connectivity index (χ4v) is 4.30. The van der Waals surface area contributed by atoms with Gasteiger partial charge in [0, 0.05) is 44.4 Å². The van der Waals surface area contributed by atoms with E-state index in [1.165, 1.54) is 5.69 Å². The molecule has 2 aliphatic heterocycles. The zero-order valence-corrected chi connectivity index (χ0v) is 14.4. The van der Waals surface area contributed by atoms with Crippen molar-refractivity contribution in [1.82, 2.24) is 14.8 Å². The topological polar surface area (TPSA) is 55.7 Å². The highest BCUT2D eigenvalue weighted by Crippen LogP contribution is 2.38. The molecule has 1 spiro atoms. The number of ether oxygens (including phenoxy) is 2. The van der Waals surface area contributed by atoms with Gasteiger partial charge in [-0.3, -0.25) is 0 Å². The summed E-state index contributed by atoms with van der Waals surface area (Å²) in [5.74, 6) is 0.212. The Kier molecular flexibility index (Phi) is 4.26. The Hall–Kier alpha value is -1.53. The summed E-state index contributed by atoms with van der Waals surface area (Å²) in [6.45, 7) is 5.93. The van der Waals surface area contributed by atoms with Crippen molar-refractivity contribution in [2.45, 2.75) is 51.0 Å². The highest BCUT2D eigenvalue weighted by Gasteiger charge is 2.40. The van der Waals surface area contributed by atoms with Crippen molar-refractivity contribution in [1.29, 1.82) is 0 Å². The van der Waals surface area contributed by atoms with Crippen LogP contribution in [-0.2, 0) is 16.0 Å². The molecule has 1 aromatic heterocycles. The van der Waals surface area contributed by atoms with Crippen molar-refractivity contribution < 1.29 is 14.3 Å². The molecule has 1 saturated carbocycles. The van der Waals surface area contributed by atoms with E-state index in [-0.39, 0.29) is 17.9 Å². The molecular weight excluding hydrogens is 306 g/mol. The van der Waals surface area contributed by atoms with Crippen LogP contribution in [0.2, 0.25) is 0 Å². The van der Waals surface area contributed by atoms with E-state index in [0.717, 1.165) is 58.5 Å². The minimum Gasteiger partial charge on any atom is -0.348 e. The normalized spacial score (nSPS) is 26.5. The summed E-state index contributed by atoms with van der Waals surface area (Å²) < 4.78 is 13.8. The summed E-state index contributed by atoms with van der Waals surface area (Å²) in [7, 11) is 0. The second-order valence-electron chi connectivity index (χ2n) is 7.23. The first kappa shape index (κ1) is 16.0. The molecule has 1 N–H and O–H groups in total. The van der Waals surface area contributed by atoms with Crippen LogP contribution in [0.15, 0.2) is 18.3 Å². The molecule has 132 valence electrons. The predicted molar refractivity (Wildman–Crippen MR) is 89.5 cm³/mol. The molecule has 0 bridgehead atoms. The van der Waals surface area contributed by atoms with Crippen molar-refractivity contribution in [3.63, 3.8) is 0 Å². The zero-order chi connectivity index (χ0) is 16.6. The van der Waals surface area contributed by atoms with Crippen LogP contribution in [-0.4, -0.2) is 47.6 Å². The number of nitrogens with one attached hydrogen (secondary N) is 1. The molecule has 4 rings (SSSR count). The van der Waals surface area contributed by atoms with E-state index in [1.807, 2.05) is 4.90 Å². The van der Waals surface area contributed by atoms with Crippen LogP contribution in [0, 0.1) is 5.92 Å². The van der Waals surface area contributed by atoms with Gasteiger partial charge in [0.1, 0.15) is 0 Å². The molecule has 0 radical (unpaired) electrons. The van der Waals surface area contributed by atoms with E-state index in [0.29, 0.717) is 5.92 Å². The summed E-state index contributed by atoms with van der Waals surface area (Å²) in [5, 5.41) is 3.15. The van der Waals surface area contributed by atoms with Crippen LogP contribution in [0.25, 0.3) is 0 Å². The number of nitrogens with zero attached hydrogens (tertiary/aromatic N) is 2. The van der Waals surface area contributed by atoms with Gasteiger partial charge in [0.15, 0.2) is 5.79 Å². The number of amides is 2. The maximum absolute atomic E-state index is 12.6. The number of carbonyl (C=O) groups excluding carboxylic acids is 1. The van der Waals surface area contributed by atoms with Crippen LogP contribution in [0.4, 0.5) is 4.79 Å². The first-order valence-corrected chi connectivity index (χ1v) is 9.14. The molecule has 24 heavy (non-hydrogen) atoms. The largest absolute Gasteiger partial charge is 0.348 e. The van der Waals surface area contributed by atoms with Crippen molar-refractivity contribution in [2.75, 3.05) is 26.3 Å². The third-order valence-corrected chi connectivity index (χ3v) is 5.83. The summed E-state index contributed by atoms with van der Waals surface area (Å²) in [6, 6.07) is 4.34. The molecule has 6 heteroatoms. The van der Waals surface area contributed by atoms with E-state index in [2.05, 4.69) is 35.1 Å². The Balaban J connectivity index is 1.27. The van der Waals surface area contributed by atoms with Gasteiger partial charge in [-0.2, -0.15) is 0 Å². The van der Waals surface area contributed by atoms with E-state index in [4.69, 9.17) is 9.47 Å². The quantitative estimate of drug-likeness (QED) is 0.905. The Morgan fingerprint density at radius 3 is 2.79 bits per heavy atom. The predicted octanol–water partition coefficient (Wildman–Crippen LogP) is 2.51. The van der Waals surface area contributed by atoms with Crippen molar-refractivity contribution >= 4 is 6.03 Å². The molecule has 2 fully saturated rings. The van der Waals surface area contributed by atoms with Crippen LogP contribution >= 0.6 is 0 Å². The van der Waals surface area contributed by atoms with Gasteiger partial charge in [-0.15, -0.1) is 0 Å². The molecule has 6 nitrogen and oxygen atoms in total. The Morgan fingerprint density at radius 2 is 2.04 bits per heavy atom. The van der Waals surface area contributed by atoms with Crippen molar-refractivity contribution in [3.05, 3.63) is 24.0 Å². The molecule has 3 heterocycles. The minimum atomic E-state index is -0.312. The monoisotopic (exact) mass is 333 g/mol. The smallest absolute Gasteiger partial charge is 0.318 e. The van der Waals surface area contributed by atoms with Crippen LogP contribution < -0.4 is 5.32 Å². The molecule has 1 aliphatic carbocycles. The van der Waals surface area contributed by atoms with Gasteiger partial charge < -0.3 is 24.3 Å². The van der Waals surface area contributed by atoms with Gasteiger partial charge in [-0.1, -0.05) is 0 Å². The number of urea groups is 1. The molecule has 1 saturated heterocycles. The highest BCUT2D eigenvalue weighted by atomic mass is 16.7. The molecule has 0 unspecified atom stereocenters. The SMILES string of the molecule is C[C@H]1c2cccn2CCN1C(=O)NCC1CCC2(CC1)OCCO2. The van der Waals surface area contributed by atoms with Gasteiger partial charge in [-0.05, 0) is 37.8 Å². The van der Waals surface area contributed by atoms with Crippen LogP contribution in [0.1, 0.15) is 44.3 Å². The second kappa shape index (κ2) is 6.41. The molecule has 3 aliphatic rings. The molecular formula is C18H27N3O3. The molecule has 2 amide bonds. The van der Waals surface area contributed by atoms with Gasteiger partial charge in [0.05, 0.1) is 19.3 Å². The van der Waals surface area contributed by atoms with E-state index < -0.39 is 0 Å². The van der Waals surface area contributed by atoms with Gasteiger partial charge >= 0.3 is 6.03 Å². The molecule has 1 atom stereocenters. The van der Waals surface area contributed by atoms with Gasteiger partial charge in [-0.25, -0.2) is 4.79 Å². The summed E-state index contributed by atoms with van der Waals surface area (Å²) in [5.41, 5.74) is 1.21. The lowest BCUT2D eigenvalue weighted by molar-refractivity contribution is -0.182. The maximum atomic E-state index is 12.6. The number of hydrogen-bond donors (Lipinski definition) is 1. The second-order valence-corrected chi connectivity index (χ2v) is 7.23. The van der Waals surface area contributed by atoms with Crippen LogP contribution in [0.5, 0.6) is 0 Å². The average molecular weight is 333 g/mol. The van der Waals surface area contributed by atoms with E-state index in [1.54, 1.807) is 0 Å². The number of aromatic nitrogens is 1. The number of carbonyl (C=O) groups is 1. The molecule has 1 aromatic rings. The fraction of sp³-hybridized carbons (Fsp3) is 0.722. The highest BCUT2D eigenvalue weighted by molar-refractivity contribution is 5.74. The zero-order valence-electron chi connectivity index (χ0n) is 14.4. The number of fused-ring (bicyclic) bond motifs is 1.